The Labute approximate surface area is 166 Å². The molecule has 1 aliphatic rings. The summed E-state index contributed by atoms with van der Waals surface area (Å²) in [5.41, 5.74) is 2.25. The number of benzene rings is 2. The zero-order valence-electron chi connectivity index (χ0n) is 16.2. The number of aliphatic hydroxyl groups is 1. The molecule has 1 unspecified atom stereocenters. The lowest BCUT2D eigenvalue weighted by molar-refractivity contribution is -0.115. The molecule has 0 aromatic heterocycles. The summed E-state index contributed by atoms with van der Waals surface area (Å²) in [4.78, 5) is 11.6. The summed E-state index contributed by atoms with van der Waals surface area (Å²) in [6.45, 7) is 3.39. The first-order valence-electron chi connectivity index (χ1n) is 9.42. The Morgan fingerprint density at radius 2 is 1.89 bits per heavy atom. The van der Waals surface area contributed by atoms with Crippen molar-refractivity contribution in [3.05, 3.63) is 59.2 Å². The summed E-state index contributed by atoms with van der Waals surface area (Å²) in [6, 6.07) is 12.6. The van der Waals surface area contributed by atoms with Crippen molar-refractivity contribution in [2.45, 2.75) is 50.0 Å². The lowest BCUT2D eigenvalue weighted by Crippen LogP contribution is -2.46. The molecule has 0 radical (unpaired) electrons. The first-order valence-corrected chi connectivity index (χ1v) is 10.9. The van der Waals surface area contributed by atoms with Crippen molar-refractivity contribution in [1.82, 2.24) is 4.72 Å². The first-order chi connectivity index (χ1) is 13.2. The number of sulfonamides is 1. The number of amides is 1. The molecule has 1 amide bonds. The Hall–Kier alpha value is -2.22. The van der Waals surface area contributed by atoms with E-state index >= 15 is 0 Å². The molecule has 0 heterocycles. The van der Waals surface area contributed by atoms with Crippen LogP contribution in [0.2, 0.25) is 0 Å². The fourth-order valence-electron chi connectivity index (χ4n) is 3.52. The largest absolute Gasteiger partial charge is 0.388 e. The topological polar surface area (TPSA) is 95.5 Å². The van der Waals surface area contributed by atoms with Gasteiger partial charge in [0.25, 0.3) is 0 Å². The first kappa shape index (κ1) is 20.5. The molecule has 0 fully saturated rings. The number of anilines is 1. The number of aryl methyl sites for hydroxylation is 2. The van der Waals surface area contributed by atoms with Gasteiger partial charge in [0.05, 0.1) is 10.5 Å². The summed E-state index contributed by atoms with van der Waals surface area (Å²) in [5, 5.41) is 13.6. The smallest absolute Gasteiger partial charge is 0.240 e. The maximum atomic E-state index is 12.8. The molecule has 150 valence electrons. The van der Waals surface area contributed by atoms with Gasteiger partial charge >= 0.3 is 0 Å². The van der Waals surface area contributed by atoms with Crippen LogP contribution in [0.3, 0.4) is 0 Å². The fourth-order valence-corrected chi connectivity index (χ4v) is 4.86. The van der Waals surface area contributed by atoms with Crippen LogP contribution in [0.1, 0.15) is 36.5 Å². The second kappa shape index (κ2) is 8.03. The summed E-state index contributed by atoms with van der Waals surface area (Å²) in [5.74, 6) is -0.132. The van der Waals surface area contributed by atoms with Crippen molar-refractivity contribution >= 4 is 21.6 Å². The minimum Gasteiger partial charge on any atom is -0.388 e. The minimum atomic E-state index is -3.78. The predicted molar refractivity (Wildman–Crippen MR) is 109 cm³/mol. The standard InChI is InChI=1S/C21H26N2O4S/c1-3-20(24)23-18-8-9-19(15(2)12-18)28(26,27)22-14-21(25)11-10-16-6-4-5-7-17(16)13-21/h4-9,12,22,25H,3,10-11,13-14H2,1-2H3,(H,23,24). The van der Waals surface area contributed by atoms with E-state index < -0.39 is 15.6 Å². The van der Waals surface area contributed by atoms with Crippen LogP contribution in [0, 0.1) is 6.92 Å². The highest BCUT2D eigenvalue weighted by molar-refractivity contribution is 7.89. The third kappa shape index (κ3) is 4.60. The number of carbonyl (C=O) groups excluding carboxylic acids is 1. The molecular weight excluding hydrogens is 376 g/mol. The van der Waals surface area contributed by atoms with Gasteiger partial charge in [0.15, 0.2) is 0 Å². The van der Waals surface area contributed by atoms with E-state index in [0.29, 0.717) is 30.5 Å². The maximum Gasteiger partial charge on any atom is 0.240 e. The lowest BCUT2D eigenvalue weighted by atomic mass is 9.80. The Morgan fingerprint density at radius 3 is 2.57 bits per heavy atom. The number of rotatable bonds is 6. The zero-order valence-corrected chi connectivity index (χ0v) is 17.0. The summed E-state index contributed by atoms with van der Waals surface area (Å²) in [6.07, 6.45) is 2.00. The van der Waals surface area contributed by atoms with Gasteiger partial charge in [0.2, 0.25) is 15.9 Å². The van der Waals surface area contributed by atoms with Gasteiger partial charge in [-0.3, -0.25) is 4.79 Å². The molecule has 0 spiro atoms. The van der Waals surface area contributed by atoms with Gasteiger partial charge in [0, 0.05) is 25.1 Å². The Bertz CT molecular complexity index is 988. The third-order valence-electron chi connectivity index (χ3n) is 5.16. The summed E-state index contributed by atoms with van der Waals surface area (Å²) >= 11 is 0. The highest BCUT2D eigenvalue weighted by Gasteiger charge is 2.33. The highest BCUT2D eigenvalue weighted by atomic mass is 32.2. The lowest BCUT2D eigenvalue weighted by Gasteiger charge is -2.33. The van der Waals surface area contributed by atoms with Crippen LogP contribution in [0.15, 0.2) is 47.4 Å². The van der Waals surface area contributed by atoms with Crippen molar-refractivity contribution in [2.75, 3.05) is 11.9 Å². The molecule has 1 atom stereocenters. The Morgan fingerprint density at radius 1 is 1.18 bits per heavy atom. The van der Waals surface area contributed by atoms with Gasteiger partial charge in [-0.2, -0.15) is 0 Å². The minimum absolute atomic E-state index is 0.0442. The second-order valence-electron chi connectivity index (χ2n) is 7.38. The highest BCUT2D eigenvalue weighted by Crippen LogP contribution is 2.29. The van der Waals surface area contributed by atoms with E-state index in [2.05, 4.69) is 10.0 Å². The number of hydrogen-bond donors (Lipinski definition) is 3. The van der Waals surface area contributed by atoms with Crippen LogP contribution in [-0.2, 0) is 27.7 Å². The zero-order chi connectivity index (χ0) is 20.4. The molecular formula is C21H26N2O4S. The molecule has 0 saturated heterocycles. The molecule has 0 saturated carbocycles. The second-order valence-corrected chi connectivity index (χ2v) is 9.11. The van der Waals surface area contributed by atoms with Crippen LogP contribution >= 0.6 is 0 Å². The van der Waals surface area contributed by atoms with Gasteiger partial charge in [-0.1, -0.05) is 31.2 Å². The molecule has 7 heteroatoms. The average Bonchev–Trinajstić information content (AvgIpc) is 2.66. The quantitative estimate of drug-likeness (QED) is 0.692. The van der Waals surface area contributed by atoms with Gasteiger partial charge in [0.1, 0.15) is 0 Å². The summed E-state index contributed by atoms with van der Waals surface area (Å²) in [7, 11) is -3.78. The number of fused-ring (bicyclic) bond motifs is 1. The van der Waals surface area contributed by atoms with E-state index in [1.54, 1.807) is 26.0 Å². The van der Waals surface area contributed by atoms with E-state index in [9.17, 15) is 18.3 Å². The van der Waals surface area contributed by atoms with E-state index in [1.165, 1.54) is 11.6 Å². The van der Waals surface area contributed by atoms with Crippen LogP contribution in [-0.4, -0.2) is 31.6 Å². The molecule has 0 aliphatic heterocycles. The molecule has 28 heavy (non-hydrogen) atoms. The molecule has 6 nitrogen and oxygen atoms in total. The van der Waals surface area contributed by atoms with Gasteiger partial charge in [-0.25, -0.2) is 13.1 Å². The summed E-state index contributed by atoms with van der Waals surface area (Å²) < 4.78 is 28.1. The molecule has 3 rings (SSSR count). The average molecular weight is 403 g/mol. The van der Waals surface area contributed by atoms with Crippen molar-refractivity contribution in [1.29, 1.82) is 0 Å². The van der Waals surface area contributed by atoms with Gasteiger partial charge in [-0.15, -0.1) is 0 Å². The third-order valence-corrected chi connectivity index (χ3v) is 6.72. The molecule has 1 aliphatic carbocycles. The van der Waals surface area contributed by atoms with Crippen molar-refractivity contribution in [3.63, 3.8) is 0 Å². The van der Waals surface area contributed by atoms with E-state index in [-0.39, 0.29) is 17.3 Å². The van der Waals surface area contributed by atoms with Crippen molar-refractivity contribution in [2.24, 2.45) is 0 Å². The van der Waals surface area contributed by atoms with E-state index in [0.717, 1.165) is 12.0 Å². The SMILES string of the molecule is CCC(=O)Nc1ccc(S(=O)(=O)NCC2(O)CCc3ccccc3C2)c(C)c1. The van der Waals surface area contributed by atoms with Crippen molar-refractivity contribution < 1.29 is 18.3 Å². The van der Waals surface area contributed by atoms with Crippen LogP contribution in [0.25, 0.3) is 0 Å². The number of nitrogens with one attached hydrogen (secondary N) is 2. The molecule has 2 aromatic carbocycles. The number of carbonyl (C=O) groups is 1. The maximum absolute atomic E-state index is 12.8. The Kier molecular flexibility index (Phi) is 5.88. The van der Waals surface area contributed by atoms with Crippen molar-refractivity contribution in [3.8, 4) is 0 Å². The van der Waals surface area contributed by atoms with Crippen LogP contribution in [0.5, 0.6) is 0 Å². The van der Waals surface area contributed by atoms with Gasteiger partial charge in [-0.05, 0) is 54.7 Å². The molecule has 3 N–H and O–H groups in total. The van der Waals surface area contributed by atoms with Crippen LogP contribution in [0.4, 0.5) is 5.69 Å². The molecule has 0 bridgehead atoms. The normalized spacial score (nSPS) is 19.1. The predicted octanol–water partition coefficient (Wildman–Crippen LogP) is 2.54. The van der Waals surface area contributed by atoms with Crippen LogP contribution < -0.4 is 10.0 Å². The fraction of sp³-hybridized carbons (Fsp3) is 0.381. The monoisotopic (exact) mass is 402 g/mol. The van der Waals surface area contributed by atoms with E-state index in [1.807, 2.05) is 24.3 Å². The molecule has 2 aromatic rings. The van der Waals surface area contributed by atoms with Gasteiger partial charge < -0.3 is 10.4 Å². The number of hydrogen-bond acceptors (Lipinski definition) is 4. The van der Waals surface area contributed by atoms with E-state index in [4.69, 9.17) is 0 Å². The Balaban J connectivity index is 1.71.